The predicted octanol–water partition coefficient (Wildman–Crippen LogP) is 5.96. The van der Waals surface area contributed by atoms with Crippen molar-refractivity contribution in [2.75, 3.05) is 14.2 Å². The molecule has 3 nitrogen and oxygen atoms in total. The Kier molecular flexibility index (Phi) is 3.37. The summed E-state index contributed by atoms with van der Waals surface area (Å²) in [5.41, 5.74) is 6.77. The molecule has 6 rings (SSSR count). The van der Waals surface area contributed by atoms with Gasteiger partial charge in [0, 0.05) is 10.8 Å². The molecule has 3 unspecified atom stereocenters. The number of aromatic hydroxyl groups is 1. The van der Waals surface area contributed by atoms with E-state index in [9.17, 15) is 5.11 Å². The van der Waals surface area contributed by atoms with Gasteiger partial charge in [0.25, 0.3) is 0 Å². The molecule has 0 heterocycles. The molecule has 2 saturated carbocycles. The molecule has 3 heteroatoms. The van der Waals surface area contributed by atoms with E-state index in [1.807, 2.05) is 12.1 Å². The zero-order valence-corrected chi connectivity index (χ0v) is 17.2. The summed E-state index contributed by atoms with van der Waals surface area (Å²) in [7, 11) is 3.30. The number of fused-ring (bicyclic) bond motifs is 10. The Morgan fingerprint density at radius 3 is 2.34 bits per heavy atom. The van der Waals surface area contributed by atoms with Crippen LogP contribution in [0.4, 0.5) is 0 Å². The van der Waals surface area contributed by atoms with Crippen LogP contribution in [0.2, 0.25) is 0 Å². The summed E-state index contributed by atoms with van der Waals surface area (Å²) in [5.74, 6) is 3.17. The van der Waals surface area contributed by atoms with Gasteiger partial charge in [-0.2, -0.15) is 0 Å². The molecule has 1 N–H and O–H groups in total. The Labute approximate surface area is 171 Å². The summed E-state index contributed by atoms with van der Waals surface area (Å²) in [6.45, 7) is 2.19. The maximum atomic E-state index is 11.1. The lowest BCUT2D eigenvalue weighted by molar-refractivity contribution is 0.326. The first kappa shape index (κ1) is 17.2. The van der Waals surface area contributed by atoms with Crippen molar-refractivity contribution in [1.82, 2.24) is 0 Å². The monoisotopic (exact) mass is 386 g/mol. The fraction of sp³-hybridized carbons (Fsp3) is 0.385. The molecule has 2 bridgehead atoms. The molecular formula is C26H26O3. The van der Waals surface area contributed by atoms with Gasteiger partial charge >= 0.3 is 0 Å². The first-order valence-electron chi connectivity index (χ1n) is 10.6. The molecule has 1 spiro atoms. The van der Waals surface area contributed by atoms with Crippen molar-refractivity contribution in [1.29, 1.82) is 0 Å². The Bertz CT molecular complexity index is 1180. The highest BCUT2D eigenvalue weighted by molar-refractivity contribution is 6.06. The average Bonchev–Trinajstić information content (AvgIpc) is 3.41. The zero-order valence-electron chi connectivity index (χ0n) is 17.2. The quantitative estimate of drug-likeness (QED) is 0.591. The van der Waals surface area contributed by atoms with E-state index in [1.54, 1.807) is 14.2 Å². The molecule has 3 aromatic carbocycles. The van der Waals surface area contributed by atoms with Gasteiger partial charge in [-0.15, -0.1) is 0 Å². The molecule has 29 heavy (non-hydrogen) atoms. The number of rotatable bonds is 2. The van der Waals surface area contributed by atoms with Gasteiger partial charge in [0.1, 0.15) is 5.75 Å². The lowest BCUT2D eigenvalue weighted by Crippen LogP contribution is -2.31. The Morgan fingerprint density at radius 1 is 0.931 bits per heavy atom. The summed E-state index contributed by atoms with van der Waals surface area (Å²) in [5, 5.41) is 13.0. The van der Waals surface area contributed by atoms with E-state index < -0.39 is 0 Å². The van der Waals surface area contributed by atoms with Crippen LogP contribution >= 0.6 is 0 Å². The van der Waals surface area contributed by atoms with Gasteiger partial charge in [-0.1, -0.05) is 30.2 Å². The lowest BCUT2D eigenvalue weighted by atomic mass is 9.66. The van der Waals surface area contributed by atoms with Gasteiger partial charge in [-0.3, -0.25) is 0 Å². The van der Waals surface area contributed by atoms with Gasteiger partial charge in [0.2, 0.25) is 0 Å². The molecule has 2 fully saturated rings. The van der Waals surface area contributed by atoms with Crippen molar-refractivity contribution < 1.29 is 14.6 Å². The zero-order chi connectivity index (χ0) is 19.9. The lowest BCUT2D eigenvalue weighted by Gasteiger charge is -2.36. The topological polar surface area (TPSA) is 38.7 Å². The number of hydrogen-bond acceptors (Lipinski definition) is 3. The van der Waals surface area contributed by atoms with Crippen LogP contribution in [-0.4, -0.2) is 19.3 Å². The van der Waals surface area contributed by atoms with Crippen molar-refractivity contribution in [2.24, 2.45) is 11.8 Å². The highest BCUT2D eigenvalue weighted by Gasteiger charge is 2.57. The Morgan fingerprint density at radius 2 is 1.69 bits per heavy atom. The minimum absolute atomic E-state index is 0.0540. The van der Waals surface area contributed by atoms with Gasteiger partial charge < -0.3 is 14.6 Å². The summed E-state index contributed by atoms with van der Waals surface area (Å²) in [6.07, 6.45) is 5.17. The van der Waals surface area contributed by atoms with Crippen LogP contribution in [0.3, 0.4) is 0 Å². The van der Waals surface area contributed by atoms with Gasteiger partial charge in [-0.05, 0) is 83.9 Å². The van der Waals surface area contributed by atoms with Gasteiger partial charge in [0.05, 0.1) is 14.2 Å². The highest BCUT2D eigenvalue weighted by atomic mass is 16.5. The predicted molar refractivity (Wildman–Crippen MR) is 115 cm³/mol. The molecule has 3 aliphatic carbocycles. The van der Waals surface area contributed by atoms with Crippen LogP contribution < -0.4 is 9.47 Å². The summed E-state index contributed by atoms with van der Waals surface area (Å²) in [4.78, 5) is 0. The number of benzene rings is 3. The van der Waals surface area contributed by atoms with Crippen LogP contribution in [0.15, 0.2) is 36.4 Å². The van der Waals surface area contributed by atoms with E-state index in [1.165, 1.54) is 53.5 Å². The van der Waals surface area contributed by atoms with Crippen molar-refractivity contribution in [3.63, 3.8) is 0 Å². The van der Waals surface area contributed by atoms with Crippen LogP contribution in [0.1, 0.15) is 42.4 Å². The second-order valence-corrected chi connectivity index (χ2v) is 9.17. The largest absolute Gasteiger partial charge is 0.507 e. The number of phenols is 1. The third-order valence-electron chi connectivity index (χ3n) is 7.87. The molecular weight excluding hydrogens is 360 g/mol. The second-order valence-electron chi connectivity index (χ2n) is 9.17. The maximum Gasteiger partial charge on any atom is 0.161 e. The highest BCUT2D eigenvalue weighted by Crippen LogP contribution is 2.67. The SMILES string of the molecule is COc1cc2c(O)cc3c(c2cc1OC)-c1ccc(C)cc1C31CC2CCC1C2. The minimum atomic E-state index is 0.0540. The Balaban J connectivity index is 1.75. The number of methoxy groups -OCH3 is 2. The third kappa shape index (κ3) is 2.03. The number of phenolic OH excluding ortho intramolecular Hbond substituents is 1. The van der Waals surface area contributed by atoms with E-state index in [-0.39, 0.29) is 5.41 Å². The molecule has 0 amide bonds. The van der Waals surface area contributed by atoms with Crippen molar-refractivity contribution in [3.05, 3.63) is 53.1 Å². The summed E-state index contributed by atoms with van der Waals surface area (Å²) < 4.78 is 11.1. The standard InChI is InChI=1S/C26H26O3/c1-14-4-7-17-20(8-14)26(13-15-5-6-16(26)9-15)21-12-22(27)18-10-23(28-2)24(29-3)11-19(18)25(17)21/h4,7-8,10-12,15-16,27H,5-6,9,13H2,1-3H3. The maximum absolute atomic E-state index is 11.1. The smallest absolute Gasteiger partial charge is 0.161 e. The molecule has 0 aromatic heterocycles. The molecule has 0 saturated heterocycles. The third-order valence-corrected chi connectivity index (χ3v) is 7.87. The first-order valence-corrected chi connectivity index (χ1v) is 10.6. The molecule has 3 atom stereocenters. The molecule has 0 aliphatic heterocycles. The summed E-state index contributed by atoms with van der Waals surface area (Å²) >= 11 is 0. The average molecular weight is 386 g/mol. The van der Waals surface area contributed by atoms with Crippen LogP contribution in [0, 0.1) is 18.8 Å². The van der Waals surface area contributed by atoms with Crippen molar-refractivity contribution in [2.45, 2.75) is 38.0 Å². The van der Waals surface area contributed by atoms with Crippen molar-refractivity contribution >= 4 is 10.8 Å². The summed E-state index contributed by atoms with van der Waals surface area (Å²) in [6, 6.07) is 12.9. The van der Waals surface area contributed by atoms with E-state index in [0.29, 0.717) is 23.2 Å². The first-order chi connectivity index (χ1) is 14.1. The van der Waals surface area contributed by atoms with Crippen molar-refractivity contribution in [3.8, 4) is 28.4 Å². The number of aryl methyl sites for hydroxylation is 1. The molecule has 3 aromatic rings. The normalized spacial score (nSPS) is 26.2. The number of hydrogen-bond donors (Lipinski definition) is 1. The van der Waals surface area contributed by atoms with Gasteiger partial charge in [0.15, 0.2) is 11.5 Å². The van der Waals surface area contributed by atoms with E-state index in [0.717, 1.165) is 16.7 Å². The molecule has 0 radical (unpaired) electrons. The van der Waals surface area contributed by atoms with Crippen LogP contribution in [0.25, 0.3) is 21.9 Å². The Hall–Kier alpha value is -2.68. The van der Waals surface area contributed by atoms with E-state index in [4.69, 9.17) is 9.47 Å². The van der Waals surface area contributed by atoms with Crippen LogP contribution in [0.5, 0.6) is 17.2 Å². The molecule has 148 valence electrons. The molecule has 3 aliphatic rings. The minimum Gasteiger partial charge on any atom is -0.507 e. The van der Waals surface area contributed by atoms with E-state index >= 15 is 0 Å². The fourth-order valence-corrected chi connectivity index (χ4v) is 6.75. The number of ether oxygens (including phenoxy) is 2. The second kappa shape index (κ2) is 5.69. The van der Waals surface area contributed by atoms with Crippen LogP contribution in [-0.2, 0) is 5.41 Å². The van der Waals surface area contributed by atoms with Gasteiger partial charge in [-0.25, -0.2) is 0 Å². The van der Waals surface area contributed by atoms with E-state index in [2.05, 4.69) is 31.2 Å². The fourth-order valence-electron chi connectivity index (χ4n) is 6.75.